The van der Waals surface area contributed by atoms with Crippen molar-refractivity contribution in [3.05, 3.63) is 0 Å². The maximum atomic E-state index is 8.71. The number of oxime groups is 1. The van der Waals surface area contributed by atoms with Crippen LogP contribution in [0.2, 0.25) is 0 Å². The van der Waals surface area contributed by atoms with Gasteiger partial charge in [-0.2, -0.15) is 0 Å². The summed E-state index contributed by atoms with van der Waals surface area (Å²) in [5, 5.41) is 15.5. The van der Waals surface area contributed by atoms with E-state index < -0.39 is 0 Å². The molecule has 0 unspecified atom stereocenters. The van der Waals surface area contributed by atoms with Crippen molar-refractivity contribution in [1.29, 1.82) is 0 Å². The fraction of sp³-hybridized carbons (Fsp3) is 0.923. The zero-order valence-corrected chi connectivity index (χ0v) is 11.4. The second-order valence-corrected chi connectivity index (χ2v) is 6.17. The minimum absolute atomic E-state index is 0.243. The quantitative estimate of drug-likeness (QED) is 0.300. The number of nitrogens with zero attached hydrogens (tertiary/aromatic N) is 1. The van der Waals surface area contributed by atoms with E-state index in [1.807, 2.05) is 13.8 Å². The lowest BCUT2D eigenvalue weighted by Gasteiger charge is -2.36. The minimum atomic E-state index is -0.243. The van der Waals surface area contributed by atoms with Crippen LogP contribution in [0.15, 0.2) is 5.16 Å². The Bertz CT molecular complexity index is 268. The highest BCUT2D eigenvalue weighted by molar-refractivity contribution is 5.85. The lowest BCUT2D eigenvalue weighted by atomic mass is 9.82. The van der Waals surface area contributed by atoms with Crippen LogP contribution >= 0.6 is 0 Å². The largest absolute Gasteiger partial charge is 0.409 e. The second-order valence-electron chi connectivity index (χ2n) is 6.17. The van der Waals surface area contributed by atoms with E-state index in [1.54, 1.807) is 0 Å². The molecule has 1 fully saturated rings. The van der Waals surface area contributed by atoms with E-state index >= 15 is 0 Å². The second kappa shape index (κ2) is 5.71. The first-order valence-corrected chi connectivity index (χ1v) is 6.63. The van der Waals surface area contributed by atoms with E-state index in [0.29, 0.717) is 11.4 Å². The molecule has 0 aromatic rings. The van der Waals surface area contributed by atoms with Crippen molar-refractivity contribution < 1.29 is 5.21 Å². The van der Waals surface area contributed by atoms with Gasteiger partial charge in [-0.1, -0.05) is 38.3 Å². The Morgan fingerprint density at radius 1 is 1.35 bits per heavy atom. The molecule has 0 spiro atoms. The summed E-state index contributed by atoms with van der Waals surface area (Å²) < 4.78 is 0. The van der Waals surface area contributed by atoms with Gasteiger partial charge in [0, 0.05) is 11.0 Å². The predicted octanol–water partition coefficient (Wildman–Crippen LogP) is 2.46. The minimum Gasteiger partial charge on any atom is -0.409 e. The Morgan fingerprint density at radius 3 is 2.47 bits per heavy atom. The molecule has 0 aliphatic heterocycles. The molecule has 4 N–H and O–H groups in total. The lowest BCUT2D eigenvalue weighted by Crippen LogP contribution is -2.46. The summed E-state index contributed by atoms with van der Waals surface area (Å²) in [6.45, 7) is 7.24. The van der Waals surface area contributed by atoms with Gasteiger partial charge < -0.3 is 16.3 Å². The van der Waals surface area contributed by atoms with E-state index in [4.69, 9.17) is 10.9 Å². The smallest absolute Gasteiger partial charge is 0.144 e. The number of nitrogens with two attached hydrogens (primary N) is 1. The Kier molecular flexibility index (Phi) is 4.80. The van der Waals surface area contributed by atoms with Gasteiger partial charge in [0.1, 0.15) is 5.84 Å². The van der Waals surface area contributed by atoms with Gasteiger partial charge in [0.25, 0.3) is 0 Å². The first kappa shape index (κ1) is 14.3. The van der Waals surface area contributed by atoms with E-state index in [-0.39, 0.29) is 5.41 Å². The first-order chi connectivity index (χ1) is 7.90. The summed E-state index contributed by atoms with van der Waals surface area (Å²) in [7, 11) is 0. The number of hydrogen-bond acceptors (Lipinski definition) is 3. The Balaban J connectivity index is 2.36. The fourth-order valence-electron chi connectivity index (χ4n) is 2.45. The van der Waals surface area contributed by atoms with Crippen molar-refractivity contribution in [3.63, 3.8) is 0 Å². The van der Waals surface area contributed by atoms with Crippen LogP contribution in [0.25, 0.3) is 0 Å². The van der Waals surface area contributed by atoms with Gasteiger partial charge in [-0.3, -0.25) is 0 Å². The van der Waals surface area contributed by atoms with Crippen LogP contribution < -0.4 is 11.1 Å². The predicted molar refractivity (Wildman–Crippen MR) is 71.3 cm³/mol. The van der Waals surface area contributed by atoms with Gasteiger partial charge in [0.2, 0.25) is 0 Å². The molecular weight excluding hydrogens is 214 g/mol. The molecule has 0 saturated heterocycles. The van der Waals surface area contributed by atoms with E-state index in [1.165, 1.54) is 32.1 Å². The summed E-state index contributed by atoms with van der Waals surface area (Å²) in [6.07, 6.45) is 7.43. The van der Waals surface area contributed by atoms with E-state index in [9.17, 15) is 0 Å². The van der Waals surface area contributed by atoms with Gasteiger partial charge in [-0.05, 0) is 32.7 Å². The molecule has 1 saturated carbocycles. The average Bonchev–Trinajstić information content (AvgIpc) is 2.28. The fourth-order valence-corrected chi connectivity index (χ4v) is 2.45. The number of hydrogen-bond donors (Lipinski definition) is 3. The molecule has 0 atom stereocenters. The van der Waals surface area contributed by atoms with Crippen molar-refractivity contribution in [2.24, 2.45) is 16.3 Å². The van der Waals surface area contributed by atoms with Crippen LogP contribution in [0, 0.1) is 5.41 Å². The summed E-state index contributed by atoms with van der Waals surface area (Å²) in [5.41, 5.74) is 5.72. The van der Waals surface area contributed by atoms with Crippen LogP contribution in [0.4, 0.5) is 0 Å². The van der Waals surface area contributed by atoms with E-state index in [2.05, 4.69) is 17.4 Å². The first-order valence-electron chi connectivity index (χ1n) is 6.63. The molecular formula is C13H27N3O. The molecule has 100 valence electrons. The highest BCUT2D eigenvalue weighted by Crippen LogP contribution is 2.28. The van der Waals surface area contributed by atoms with Gasteiger partial charge in [0.05, 0.1) is 0 Å². The molecule has 4 nitrogen and oxygen atoms in total. The zero-order valence-electron chi connectivity index (χ0n) is 11.4. The van der Waals surface area contributed by atoms with E-state index in [0.717, 1.165) is 13.0 Å². The Morgan fingerprint density at radius 2 is 1.94 bits per heavy atom. The number of rotatable bonds is 5. The van der Waals surface area contributed by atoms with Gasteiger partial charge in [0.15, 0.2) is 0 Å². The molecule has 4 heteroatoms. The summed E-state index contributed by atoms with van der Waals surface area (Å²) in [5.74, 6) is 0.313. The van der Waals surface area contributed by atoms with Crippen molar-refractivity contribution in [3.8, 4) is 0 Å². The maximum Gasteiger partial charge on any atom is 0.144 e. The van der Waals surface area contributed by atoms with Crippen LogP contribution in [0.1, 0.15) is 59.3 Å². The molecule has 0 bridgehead atoms. The SMILES string of the molecule is CC1(NCCC(C)(C)C(N)=NO)CCCCC1. The number of amidine groups is 1. The standard InChI is InChI=1S/C13H27N3O/c1-12(2,11(14)16-17)9-10-15-13(3)7-5-4-6-8-13/h15,17H,4-10H2,1-3H3,(H2,14,16). The van der Waals surface area contributed by atoms with Crippen molar-refractivity contribution in [2.75, 3.05) is 6.54 Å². The molecule has 1 rings (SSSR count). The summed E-state index contributed by atoms with van der Waals surface area (Å²) >= 11 is 0. The molecule has 0 aromatic heterocycles. The summed E-state index contributed by atoms with van der Waals surface area (Å²) in [4.78, 5) is 0. The monoisotopic (exact) mass is 241 g/mol. The highest BCUT2D eigenvalue weighted by atomic mass is 16.4. The van der Waals surface area contributed by atoms with Crippen LogP contribution in [0.5, 0.6) is 0 Å². The van der Waals surface area contributed by atoms with Gasteiger partial charge in [-0.15, -0.1) is 0 Å². The summed E-state index contributed by atoms with van der Waals surface area (Å²) in [6, 6.07) is 0. The Hall–Kier alpha value is -0.770. The topological polar surface area (TPSA) is 70.6 Å². The van der Waals surface area contributed by atoms with Crippen LogP contribution in [-0.2, 0) is 0 Å². The molecule has 1 aliphatic carbocycles. The lowest BCUT2D eigenvalue weighted by molar-refractivity contribution is 0.244. The molecule has 0 heterocycles. The Labute approximate surface area is 105 Å². The third kappa shape index (κ3) is 4.19. The maximum absolute atomic E-state index is 8.71. The number of nitrogens with one attached hydrogen (secondary N) is 1. The van der Waals surface area contributed by atoms with Crippen molar-refractivity contribution >= 4 is 5.84 Å². The van der Waals surface area contributed by atoms with Crippen molar-refractivity contribution in [2.45, 2.75) is 64.8 Å². The third-order valence-corrected chi connectivity index (χ3v) is 4.06. The highest BCUT2D eigenvalue weighted by Gasteiger charge is 2.28. The molecule has 1 aliphatic rings. The van der Waals surface area contributed by atoms with Crippen molar-refractivity contribution in [1.82, 2.24) is 5.32 Å². The van der Waals surface area contributed by atoms with Gasteiger partial charge in [-0.25, -0.2) is 0 Å². The third-order valence-electron chi connectivity index (χ3n) is 4.06. The molecule has 0 radical (unpaired) electrons. The van der Waals surface area contributed by atoms with Crippen LogP contribution in [0.3, 0.4) is 0 Å². The normalized spacial score (nSPS) is 21.5. The molecule has 0 aromatic carbocycles. The average molecular weight is 241 g/mol. The van der Waals surface area contributed by atoms with Crippen LogP contribution in [-0.4, -0.2) is 23.1 Å². The molecule has 17 heavy (non-hydrogen) atoms. The van der Waals surface area contributed by atoms with Gasteiger partial charge >= 0.3 is 0 Å². The zero-order chi connectivity index (χ0) is 12.9. The molecule has 0 amide bonds.